The van der Waals surface area contributed by atoms with E-state index in [1.54, 1.807) is 18.2 Å². The highest BCUT2D eigenvalue weighted by Crippen LogP contribution is 2.34. The smallest absolute Gasteiger partial charge is 0.351 e. The minimum Gasteiger partial charge on any atom is -0.422 e. The van der Waals surface area contributed by atoms with Crippen molar-refractivity contribution in [2.75, 3.05) is 0 Å². The molecule has 0 bridgehead atoms. The number of halogens is 2. The molecule has 0 radical (unpaired) electrons. The van der Waals surface area contributed by atoms with Crippen LogP contribution in [0, 0.1) is 0 Å². The van der Waals surface area contributed by atoms with Crippen molar-refractivity contribution >= 4 is 38.5 Å². The Hall–Kier alpha value is -1.58. The Bertz CT molecular complexity index is 809. The fourth-order valence-electron chi connectivity index (χ4n) is 2.04. The third-order valence-corrected chi connectivity index (χ3v) is 3.83. The first kappa shape index (κ1) is 12.5. The number of hydrogen-bond acceptors (Lipinski definition) is 2. The van der Waals surface area contributed by atoms with Crippen molar-refractivity contribution in [2.24, 2.45) is 0 Å². The number of benzene rings is 2. The molecule has 0 aliphatic rings. The van der Waals surface area contributed by atoms with Crippen molar-refractivity contribution in [3.05, 3.63) is 68.4 Å². The summed E-state index contributed by atoms with van der Waals surface area (Å²) in [6.07, 6.45) is 0. The summed E-state index contributed by atoms with van der Waals surface area (Å²) in [5.41, 5.74) is 1.87. The largest absolute Gasteiger partial charge is 0.422 e. The van der Waals surface area contributed by atoms with Crippen LogP contribution in [0.5, 0.6) is 0 Å². The predicted molar refractivity (Wildman–Crippen MR) is 80.6 cm³/mol. The standard InChI is InChI=1S/C15H8BrClO2/c16-14-13(9-4-2-1-3-5-9)11-8-10(17)6-7-12(11)19-15(14)18/h1-8H. The monoisotopic (exact) mass is 334 g/mol. The first-order valence-electron chi connectivity index (χ1n) is 5.64. The Morgan fingerprint density at radius 3 is 2.53 bits per heavy atom. The van der Waals surface area contributed by atoms with Gasteiger partial charge in [0.1, 0.15) is 10.1 Å². The minimum absolute atomic E-state index is 0.395. The van der Waals surface area contributed by atoms with Crippen molar-refractivity contribution in [1.29, 1.82) is 0 Å². The molecule has 19 heavy (non-hydrogen) atoms. The molecule has 0 saturated carbocycles. The minimum atomic E-state index is -0.395. The van der Waals surface area contributed by atoms with E-state index in [9.17, 15) is 4.79 Å². The van der Waals surface area contributed by atoms with Gasteiger partial charge in [-0.2, -0.15) is 0 Å². The van der Waals surface area contributed by atoms with Gasteiger partial charge in [-0.1, -0.05) is 41.9 Å². The van der Waals surface area contributed by atoms with Crippen LogP contribution in [-0.2, 0) is 0 Å². The first-order valence-corrected chi connectivity index (χ1v) is 6.81. The van der Waals surface area contributed by atoms with Gasteiger partial charge in [-0.25, -0.2) is 4.79 Å². The van der Waals surface area contributed by atoms with E-state index in [-0.39, 0.29) is 0 Å². The fraction of sp³-hybridized carbons (Fsp3) is 0. The molecule has 0 aliphatic heterocycles. The molecule has 1 aromatic heterocycles. The molecule has 1 heterocycles. The van der Waals surface area contributed by atoms with E-state index < -0.39 is 5.63 Å². The highest BCUT2D eigenvalue weighted by atomic mass is 79.9. The fourth-order valence-corrected chi connectivity index (χ4v) is 2.73. The zero-order valence-electron chi connectivity index (χ0n) is 9.69. The van der Waals surface area contributed by atoms with Crippen LogP contribution in [0.25, 0.3) is 22.1 Å². The third-order valence-electron chi connectivity index (χ3n) is 2.87. The average Bonchev–Trinajstić information content (AvgIpc) is 2.42. The first-order chi connectivity index (χ1) is 9.16. The maximum absolute atomic E-state index is 11.9. The molecule has 0 fully saturated rings. The number of fused-ring (bicyclic) bond motifs is 1. The van der Waals surface area contributed by atoms with Gasteiger partial charge in [-0.05, 0) is 39.7 Å². The second-order valence-corrected chi connectivity index (χ2v) is 5.31. The summed E-state index contributed by atoms with van der Waals surface area (Å²) >= 11 is 9.35. The Balaban J connectivity index is 2.48. The molecule has 0 aliphatic carbocycles. The van der Waals surface area contributed by atoms with Crippen molar-refractivity contribution < 1.29 is 4.42 Å². The number of hydrogen-bond donors (Lipinski definition) is 0. The molecule has 0 amide bonds. The van der Waals surface area contributed by atoms with E-state index in [1.165, 1.54) is 0 Å². The lowest BCUT2D eigenvalue weighted by molar-refractivity contribution is 0.557. The molecule has 0 spiro atoms. The zero-order chi connectivity index (χ0) is 13.4. The van der Waals surface area contributed by atoms with Gasteiger partial charge >= 0.3 is 5.63 Å². The zero-order valence-corrected chi connectivity index (χ0v) is 12.0. The SMILES string of the molecule is O=c1oc2ccc(Cl)cc2c(-c2ccccc2)c1Br. The summed E-state index contributed by atoms with van der Waals surface area (Å²) in [7, 11) is 0. The Morgan fingerprint density at radius 1 is 1.05 bits per heavy atom. The van der Waals surface area contributed by atoms with Crippen LogP contribution < -0.4 is 5.63 Å². The summed E-state index contributed by atoms with van der Waals surface area (Å²) in [6, 6.07) is 14.9. The molecular formula is C15H8BrClO2. The van der Waals surface area contributed by atoms with E-state index in [0.717, 1.165) is 16.5 Å². The highest BCUT2D eigenvalue weighted by molar-refractivity contribution is 9.10. The molecule has 0 atom stereocenters. The molecule has 2 nitrogen and oxygen atoms in total. The van der Waals surface area contributed by atoms with Gasteiger partial charge in [0.05, 0.1) is 0 Å². The molecule has 0 saturated heterocycles. The predicted octanol–water partition coefficient (Wildman–Crippen LogP) is 4.88. The topological polar surface area (TPSA) is 30.2 Å². The van der Waals surface area contributed by atoms with E-state index in [1.807, 2.05) is 30.3 Å². The van der Waals surface area contributed by atoms with Crippen molar-refractivity contribution in [1.82, 2.24) is 0 Å². The summed E-state index contributed by atoms with van der Waals surface area (Å²) in [4.78, 5) is 11.9. The quantitative estimate of drug-likeness (QED) is 0.594. The second-order valence-electron chi connectivity index (χ2n) is 4.09. The molecule has 2 aromatic carbocycles. The molecule has 3 rings (SSSR count). The van der Waals surface area contributed by atoms with Gasteiger partial charge in [-0.3, -0.25) is 0 Å². The summed E-state index contributed by atoms with van der Waals surface area (Å²) in [5.74, 6) is 0. The van der Waals surface area contributed by atoms with Crippen LogP contribution in [0.3, 0.4) is 0 Å². The summed E-state index contributed by atoms with van der Waals surface area (Å²) in [6.45, 7) is 0. The third kappa shape index (κ3) is 2.20. The summed E-state index contributed by atoms with van der Waals surface area (Å²) in [5, 5.41) is 1.41. The lowest BCUT2D eigenvalue weighted by atomic mass is 10.0. The van der Waals surface area contributed by atoms with E-state index >= 15 is 0 Å². The molecule has 94 valence electrons. The second kappa shape index (κ2) is 4.83. The van der Waals surface area contributed by atoms with Gasteiger partial charge < -0.3 is 4.42 Å². The highest BCUT2D eigenvalue weighted by Gasteiger charge is 2.14. The molecule has 4 heteroatoms. The van der Waals surface area contributed by atoms with Gasteiger partial charge in [0.15, 0.2) is 0 Å². The average molecular weight is 336 g/mol. The lowest BCUT2D eigenvalue weighted by Crippen LogP contribution is -2.02. The van der Waals surface area contributed by atoms with Crippen molar-refractivity contribution in [3.63, 3.8) is 0 Å². The lowest BCUT2D eigenvalue weighted by Gasteiger charge is -2.08. The molecule has 0 unspecified atom stereocenters. The van der Waals surface area contributed by atoms with Crippen molar-refractivity contribution in [3.8, 4) is 11.1 Å². The maximum atomic E-state index is 11.9. The molecule has 3 aromatic rings. The Kier molecular flexibility index (Phi) is 3.17. The maximum Gasteiger partial charge on any atom is 0.351 e. The van der Waals surface area contributed by atoms with Crippen LogP contribution in [0.15, 0.2) is 62.2 Å². The summed E-state index contributed by atoms with van der Waals surface area (Å²) < 4.78 is 5.66. The van der Waals surface area contributed by atoms with Crippen LogP contribution in [0.4, 0.5) is 0 Å². The van der Waals surface area contributed by atoms with Crippen molar-refractivity contribution in [2.45, 2.75) is 0 Å². The van der Waals surface area contributed by atoms with Crippen LogP contribution in [0.2, 0.25) is 5.02 Å². The van der Waals surface area contributed by atoms with Gasteiger partial charge in [0, 0.05) is 16.0 Å². The molecule has 0 N–H and O–H groups in total. The van der Waals surface area contributed by atoms with Gasteiger partial charge in [0.25, 0.3) is 0 Å². The number of rotatable bonds is 1. The van der Waals surface area contributed by atoms with E-state index in [0.29, 0.717) is 15.1 Å². The van der Waals surface area contributed by atoms with Gasteiger partial charge in [0.2, 0.25) is 0 Å². The van der Waals surface area contributed by atoms with E-state index in [4.69, 9.17) is 16.0 Å². The molecular weight excluding hydrogens is 328 g/mol. The van der Waals surface area contributed by atoms with Crippen LogP contribution in [-0.4, -0.2) is 0 Å². The van der Waals surface area contributed by atoms with Gasteiger partial charge in [-0.15, -0.1) is 0 Å². The van der Waals surface area contributed by atoms with Crippen LogP contribution in [0.1, 0.15) is 0 Å². The van der Waals surface area contributed by atoms with Crippen LogP contribution >= 0.6 is 27.5 Å². The Labute approximate surface area is 122 Å². The normalized spacial score (nSPS) is 10.8. The Morgan fingerprint density at radius 2 is 1.79 bits per heavy atom. The van der Waals surface area contributed by atoms with E-state index in [2.05, 4.69) is 15.9 Å².